The van der Waals surface area contributed by atoms with Crippen LogP contribution in [0.5, 0.6) is 5.75 Å². The van der Waals surface area contributed by atoms with E-state index in [4.69, 9.17) is 0 Å². The molecule has 3 atom stereocenters. The minimum Gasteiger partial charge on any atom is -0.508 e. The quantitative estimate of drug-likeness (QED) is 0.561. The highest BCUT2D eigenvalue weighted by atomic mass is 32.2. The van der Waals surface area contributed by atoms with Gasteiger partial charge in [-0.2, -0.15) is 0 Å². The smallest absolute Gasteiger partial charge is 0.243 e. The van der Waals surface area contributed by atoms with E-state index in [0.29, 0.717) is 11.3 Å². The number of anilines is 1. The van der Waals surface area contributed by atoms with Crippen LogP contribution in [0.25, 0.3) is 0 Å². The lowest BCUT2D eigenvalue weighted by Crippen LogP contribution is -2.57. The number of phenols is 1. The molecule has 1 amide bonds. The molecule has 2 N–H and O–H groups in total. The van der Waals surface area contributed by atoms with Crippen molar-refractivity contribution >= 4 is 23.4 Å². The molecule has 1 saturated heterocycles. The van der Waals surface area contributed by atoms with Crippen molar-refractivity contribution in [2.75, 3.05) is 10.7 Å². The number of thioether (sulfide) groups is 1. The van der Waals surface area contributed by atoms with Gasteiger partial charge in [0.25, 0.3) is 0 Å². The van der Waals surface area contributed by atoms with E-state index in [9.17, 15) is 19.4 Å². The van der Waals surface area contributed by atoms with Crippen LogP contribution in [0.4, 0.5) is 10.1 Å². The molecule has 3 aromatic carbocycles. The Kier molecular flexibility index (Phi) is 5.79. The number of carbonyl (C=O) groups is 1. The number of nitrogens with zero attached hydrogens (tertiary/aromatic N) is 1. The molecular formula is C24H22FNO3S. The zero-order chi connectivity index (χ0) is 21.3. The third-order valence-corrected chi connectivity index (χ3v) is 6.61. The Hall–Kier alpha value is -2.83. The number of β-lactam (4-membered cyclic amide) rings is 1. The standard InChI is InChI=1S/C24H22FNO3S/c1-15-2-10-19(11-3-15)26-22(17-6-12-20(27)13-7-17)23(24(26)29)30-14-21(28)16-4-8-18(25)9-5-16/h2-13,21-23,27-28H,14H2,1H3/t21-,22+,23+/m0/s1. The molecular weight excluding hydrogens is 401 g/mol. The Bertz CT molecular complexity index is 1020. The maximum absolute atomic E-state index is 13.1. The average molecular weight is 424 g/mol. The van der Waals surface area contributed by atoms with Crippen LogP contribution in [0.2, 0.25) is 0 Å². The molecule has 0 aliphatic carbocycles. The molecule has 1 heterocycles. The van der Waals surface area contributed by atoms with Crippen molar-refractivity contribution in [2.24, 2.45) is 0 Å². The number of aliphatic hydroxyl groups is 1. The van der Waals surface area contributed by atoms with Gasteiger partial charge in [-0.1, -0.05) is 42.0 Å². The van der Waals surface area contributed by atoms with Gasteiger partial charge in [-0.3, -0.25) is 4.79 Å². The summed E-state index contributed by atoms with van der Waals surface area (Å²) < 4.78 is 13.1. The van der Waals surface area contributed by atoms with Crippen molar-refractivity contribution < 1.29 is 19.4 Å². The summed E-state index contributed by atoms with van der Waals surface area (Å²) in [5, 5.41) is 19.8. The summed E-state index contributed by atoms with van der Waals surface area (Å²) in [4.78, 5) is 14.8. The van der Waals surface area contributed by atoms with Crippen LogP contribution in [-0.2, 0) is 4.79 Å². The van der Waals surface area contributed by atoms with E-state index in [1.165, 1.54) is 23.9 Å². The third kappa shape index (κ3) is 4.06. The molecule has 0 saturated carbocycles. The summed E-state index contributed by atoms with van der Waals surface area (Å²) >= 11 is 1.39. The molecule has 1 fully saturated rings. The van der Waals surface area contributed by atoms with Crippen LogP contribution in [0, 0.1) is 12.7 Å². The number of amides is 1. The van der Waals surface area contributed by atoms with Gasteiger partial charge in [-0.25, -0.2) is 4.39 Å². The second kappa shape index (κ2) is 8.50. The van der Waals surface area contributed by atoms with Crippen LogP contribution >= 0.6 is 11.8 Å². The first-order valence-corrected chi connectivity index (χ1v) is 10.7. The SMILES string of the molecule is Cc1ccc(N2C(=O)[C@H](SC[C@H](O)c3ccc(F)cc3)[C@H]2c2ccc(O)cc2)cc1. The topological polar surface area (TPSA) is 60.8 Å². The molecule has 6 heteroatoms. The third-order valence-electron chi connectivity index (χ3n) is 5.28. The van der Waals surface area contributed by atoms with Gasteiger partial charge in [0, 0.05) is 11.4 Å². The van der Waals surface area contributed by atoms with Crippen molar-refractivity contribution in [1.82, 2.24) is 0 Å². The number of halogens is 1. The minimum absolute atomic E-state index is 0.0202. The molecule has 154 valence electrons. The number of aryl methyl sites for hydroxylation is 1. The number of carbonyl (C=O) groups excluding carboxylic acids is 1. The molecule has 4 rings (SSSR count). The lowest BCUT2D eigenvalue weighted by Gasteiger charge is -2.47. The fourth-order valence-corrected chi connectivity index (χ4v) is 4.89. The Morgan fingerprint density at radius 3 is 2.27 bits per heavy atom. The van der Waals surface area contributed by atoms with Crippen LogP contribution in [-0.4, -0.2) is 27.1 Å². The van der Waals surface area contributed by atoms with Gasteiger partial charge < -0.3 is 15.1 Å². The maximum Gasteiger partial charge on any atom is 0.243 e. The van der Waals surface area contributed by atoms with E-state index in [0.717, 1.165) is 16.8 Å². The van der Waals surface area contributed by atoms with E-state index in [2.05, 4.69) is 0 Å². The molecule has 1 aliphatic heterocycles. The van der Waals surface area contributed by atoms with E-state index in [-0.39, 0.29) is 28.8 Å². The average Bonchev–Trinajstić information content (AvgIpc) is 2.74. The summed E-state index contributed by atoms with van der Waals surface area (Å²) in [5.41, 5.74) is 3.47. The molecule has 0 radical (unpaired) electrons. The fraction of sp³-hybridized carbons (Fsp3) is 0.208. The van der Waals surface area contributed by atoms with E-state index in [1.807, 2.05) is 43.3 Å². The highest BCUT2D eigenvalue weighted by molar-refractivity contribution is 8.00. The lowest BCUT2D eigenvalue weighted by atomic mass is 9.92. The monoisotopic (exact) mass is 423 g/mol. The van der Waals surface area contributed by atoms with Crippen molar-refractivity contribution in [2.45, 2.75) is 24.3 Å². The van der Waals surface area contributed by atoms with Crippen molar-refractivity contribution in [3.05, 3.63) is 95.3 Å². The molecule has 30 heavy (non-hydrogen) atoms. The zero-order valence-electron chi connectivity index (χ0n) is 16.4. The number of phenolic OH excluding ortho intramolecular Hbond substituents is 1. The number of aliphatic hydroxyl groups excluding tert-OH is 1. The largest absolute Gasteiger partial charge is 0.508 e. The number of hydrogen-bond acceptors (Lipinski definition) is 4. The zero-order valence-corrected chi connectivity index (χ0v) is 17.2. The Morgan fingerprint density at radius 1 is 1.00 bits per heavy atom. The summed E-state index contributed by atoms with van der Waals surface area (Å²) in [6.45, 7) is 1.99. The molecule has 4 nitrogen and oxygen atoms in total. The first-order chi connectivity index (χ1) is 14.4. The highest BCUT2D eigenvalue weighted by Gasteiger charge is 2.49. The van der Waals surface area contributed by atoms with Gasteiger partial charge in [-0.15, -0.1) is 11.8 Å². The van der Waals surface area contributed by atoms with Gasteiger partial charge in [0.05, 0.1) is 12.1 Å². The fourth-order valence-electron chi connectivity index (χ4n) is 3.59. The van der Waals surface area contributed by atoms with E-state index < -0.39 is 6.10 Å². The second-order valence-corrected chi connectivity index (χ2v) is 8.58. The normalized spacial score (nSPS) is 19.4. The van der Waals surface area contributed by atoms with Gasteiger partial charge in [-0.05, 0) is 54.4 Å². The van der Waals surface area contributed by atoms with Crippen LogP contribution in [0.3, 0.4) is 0 Å². The minimum atomic E-state index is -0.794. The predicted molar refractivity (Wildman–Crippen MR) is 117 cm³/mol. The Labute approximate surface area is 179 Å². The van der Waals surface area contributed by atoms with Gasteiger partial charge >= 0.3 is 0 Å². The Morgan fingerprint density at radius 2 is 1.63 bits per heavy atom. The molecule has 0 bridgehead atoms. The molecule has 0 aromatic heterocycles. The van der Waals surface area contributed by atoms with Gasteiger partial charge in [0.15, 0.2) is 0 Å². The van der Waals surface area contributed by atoms with Gasteiger partial charge in [0.2, 0.25) is 5.91 Å². The first kappa shape index (κ1) is 20.4. The summed E-state index contributed by atoms with van der Waals surface area (Å²) in [6, 6.07) is 20.2. The van der Waals surface area contributed by atoms with E-state index >= 15 is 0 Å². The number of benzene rings is 3. The molecule has 1 aliphatic rings. The lowest BCUT2D eigenvalue weighted by molar-refractivity contribution is -0.123. The van der Waals surface area contributed by atoms with Gasteiger partial charge in [0.1, 0.15) is 16.8 Å². The van der Waals surface area contributed by atoms with Crippen molar-refractivity contribution in [3.63, 3.8) is 0 Å². The molecule has 0 spiro atoms. The highest BCUT2D eigenvalue weighted by Crippen LogP contribution is 2.46. The van der Waals surface area contributed by atoms with Crippen LogP contribution < -0.4 is 4.90 Å². The summed E-state index contributed by atoms with van der Waals surface area (Å²) in [5.74, 6) is 0.114. The predicted octanol–water partition coefficient (Wildman–Crippen LogP) is 4.76. The van der Waals surface area contributed by atoms with Crippen molar-refractivity contribution in [3.8, 4) is 5.75 Å². The number of rotatable bonds is 6. The first-order valence-electron chi connectivity index (χ1n) is 9.68. The van der Waals surface area contributed by atoms with Crippen molar-refractivity contribution in [1.29, 1.82) is 0 Å². The molecule has 3 aromatic rings. The summed E-state index contributed by atoms with van der Waals surface area (Å²) in [6.07, 6.45) is -0.794. The molecule has 0 unspecified atom stereocenters. The van der Waals surface area contributed by atoms with Crippen LogP contribution in [0.1, 0.15) is 28.8 Å². The Balaban J connectivity index is 1.55. The van der Waals surface area contributed by atoms with E-state index in [1.54, 1.807) is 29.2 Å². The maximum atomic E-state index is 13.1. The van der Waals surface area contributed by atoms with Crippen LogP contribution in [0.15, 0.2) is 72.8 Å². The summed E-state index contributed by atoms with van der Waals surface area (Å²) in [7, 11) is 0. The number of hydrogen-bond donors (Lipinski definition) is 2. The second-order valence-electron chi connectivity index (χ2n) is 7.40. The number of aromatic hydroxyl groups is 1.